The van der Waals surface area contributed by atoms with E-state index in [2.05, 4.69) is 5.10 Å². The standard InChI is InChI=1S/C12H8N2O2S/c15-12(16)11-9-3-1-2-4-10(9)14(13-11)8-5-6-17-7-8/h1-7H,(H,15,16). The fraction of sp³-hybridized carbons (Fsp3) is 0. The Balaban J connectivity index is 2.37. The van der Waals surface area contributed by atoms with Gasteiger partial charge in [-0.15, -0.1) is 0 Å². The zero-order chi connectivity index (χ0) is 11.8. The molecule has 3 rings (SSSR count). The second kappa shape index (κ2) is 3.71. The number of aromatic nitrogens is 2. The van der Waals surface area contributed by atoms with Crippen LogP contribution in [0.15, 0.2) is 41.1 Å². The first kappa shape index (κ1) is 10.0. The number of rotatable bonds is 2. The maximum Gasteiger partial charge on any atom is 0.357 e. The number of carbonyl (C=O) groups is 1. The highest BCUT2D eigenvalue weighted by Gasteiger charge is 2.16. The molecule has 0 amide bonds. The summed E-state index contributed by atoms with van der Waals surface area (Å²) in [7, 11) is 0. The summed E-state index contributed by atoms with van der Waals surface area (Å²) in [4.78, 5) is 11.1. The fourth-order valence-corrected chi connectivity index (χ4v) is 2.41. The number of nitrogens with zero attached hydrogens (tertiary/aromatic N) is 2. The molecular formula is C12H8N2O2S. The number of aromatic carboxylic acids is 1. The highest BCUT2D eigenvalue weighted by atomic mass is 32.1. The predicted molar refractivity (Wildman–Crippen MR) is 65.9 cm³/mol. The van der Waals surface area contributed by atoms with Gasteiger partial charge in [0.1, 0.15) is 0 Å². The van der Waals surface area contributed by atoms with Gasteiger partial charge in [-0.1, -0.05) is 18.2 Å². The van der Waals surface area contributed by atoms with E-state index in [1.54, 1.807) is 22.1 Å². The lowest BCUT2D eigenvalue weighted by molar-refractivity contribution is 0.0692. The van der Waals surface area contributed by atoms with E-state index in [4.69, 9.17) is 5.11 Å². The van der Waals surface area contributed by atoms with Gasteiger partial charge in [0.05, 0.1) is 11.2 Å². The van der Waals surface area contributed by atoms with E-state index in [0.29, 0.717) is 5.39 Å². The molecule has 0 saturated heterocycles. The molecule has 0 fully saturated rings. The zero-order valence-corrected chi connectivity index (χ0v) is 9.52. The van der Waals surface area contributed by atoms with Gasteiger partial charge in [-0.2, -0.15) is 16.4 Å². The minimum atomic E-state index is -1.00. The SMILES string of the molecule is O=C(O)c1nn(-c2ccsc2)c2ccccc12. The predicted octanol–water partition coefficient (Wildman–Crippen LogP) is 2.79. The molecule has 2 aromatic heterocycles. The van der Waals surface area contributed by atoms with Crippen LogP contribution in [0.3, 0.4) is 0 Å². The number of fused-ring (bicyclic) bond motifs is 1. The Kier molecular flexibility index (Phi) is 2.19. The lowest BCUT2D eigenvalue weighted by Gasteiger charge is -1.98. The average Bonchev–Trinajstić information content (AvgIpc) is 2.95. The van der Waals surface area contributed by atoms with Gasteiger partial charge in [-0.05, 0) is 17.5 Å². The van der Waals surface area contributed by atoms with Crippen LogP contribution in [0.1, 0.15) is 10.5 Å². The topological polar surface area (TPSA) is 55.1 Å². The number of hydrogen-bond donors (Lipinski definition) is 1. The van der Waals surface area contributed by atoms with Crippen molar-refractivity contribution < 1.29 is 9.90 Å². The van der Waals surface area contributed by atoms with Gasteiger partial charge >= 0.3 is 5.97 Å². The van der Waals surface area contributed by atoms with Crippen LogP contribution in [-0.2, 0) is 0 Å². The second-order valence-corrected chi connectivity index (χ2v) is 4.34. The van der Waals surface area contributed by atoms with E-state index in [-0.39, 0.29) is 5.69 Å². The number of thiophene rings is 1. The lowest BCUT2D eigenvalue weighted by atomic mass is 10.2. The summed E-state index contributed by atoms with van der Waals surface area (Å²) in [6.45, 7) is 0. The first-order valence-corrected chi connectivity index (χ1v) is 5.95. The molecule has 1 aromatic carbocycles. The number of hydrogen-bond acceptors (Lipinski definition) is 3. The van der Waals surface area contributed by atoms with Crippen LogP contribution in [0.25, 0.3) is 16.6 Å². The summed E-state index contributed by atoms with van der Waals surface area (Å²) in [6, 6.07) is 9.24. The summed E-state index contributed by atoms with van der Waals surface area (Å²) >= 11 is 1.55. The van der Waals surface area contributed by atoms with Crippen molar-refractivity contribution in [2.75, 3.05) is 0 Å². The third-order valence-electron chi connectivity index (χ3n) is 2.54. The number of para-hydroxylation sites is 1. The van der Waals surface area contributed by atoms with Crippen molar-refractivity contribution >= 4 is 28.2 Å². The third-order valence-corrected chi connectivity index (χ3v) is 3.21. The Bertz CT molecular complexity index is 686. The van der Waals surface area contributed by atoms with Gasteiger partial charge in [-0.3, -0.25) is 0 Å². The van der Waals surface area contributed by atoms with E-state index < -0.39 is 5.97 Å². The molecule has 4 nitrogen and oxygen atoms in total. The molecule has 1 N–H and O–H groups in total. The van der Waals surface area contributed by atoms with Crippen LogP contribution >= 0.6 is 11.3 Å². The molecule has 0 spiro atoms. The van der Waals surface area contributed by atoms with Crippen molar-refractivity contribution in [2.24, 2.45) is 0 Å². The maximum atomic E-state index is 11.1. The quantitative estimate of drug-likeness (QED) is 0.754. The van der Waals surface area contributed by atoms with Crippen molar-refractivity contribution in [1.82, 2.24) is 9.78 Å². The van der Waals surface area contributed by atoms with Crippen molar-refractivity contribution in [1.29, 1.82) is 0 Å². The minimum Gasteiger partial charge on any atom is -0.476 e. The molecule has 0 unspecified atom stereocenters. The van der Waals surface area contributed by atoms with Crippen LogP contribution < -0.4 is 0 Å². The summed E-state index contributed by atoms with van der Waals surface area (Å²) in [5, 5.41) is 17.8. The highest BCUT2D eigenvalue weighted by molar-refractivity contribution is 7.08. The van der Waals surface area contributed by atoms with E-state index in [1.807, 2.05) is 35.0 Å². The van der Waals surface area contributed by atoms with Crippen molar-refractivity contribution in [3.63, 3.8) is 0 Å². The molecule has 17 heavy (non-hydrogen) atoms. The first-order valence-electron chi connectivity index (χ1n) is 5.01. The summed E-state index contributed by atoms with van der Waals surface area (Å²) in [5.41, 5.74) is 1.79. The minimum absolute atomic E-state index is 0.0896. The summed E-state index contributed by atoms with van der Waals surface area (Å²) in [5.74, 6) is -1.00. The van der Waals surface area contributed by atoms with E-state index in [1.165, 1.54) is 0 Å². The van der Waals surface area contributed by atoms with Gasteiger partial charge in [0.2, 0.25) is 0 Å². The summed E-state index contributed by atoms with van der Waals surface area (Å²) < 4.78 is 1.66. The normalized spacial score (nSPS) is 10.8. The molecule has 84 valence electrons. The molecule has 3 aromatic rings. The Hall–Kier alpha value is -2.14. The highest BCUT2D eigenvalue weighted by Crippen LogP contribution is 2.23. The molecule has 0 atom stereocenters. The number of carboxylic acid groups (broad SMARTS) is 1. The monoisotopic (exact) mass is 244 g/mol. The molecule has 0 aliphatic rings. The zero-order valence-electron chi connectivity index (χ0n) is 8.70. The van der Waals surface area contributed by atoms with Crippen molar-refractivity contribution in [2.45, 2.75) is 0 Å². The molecular weight excluding hydrogens is 236 g/mol. The maximum absolute atomic E-state index is 11.1. The second-order valence-electron chi connectivity index (χ2n) is 3.56. The van der Waals surface area contributed by atoms with Gasteiger partial charge in [0, 0.05) is 10.8 Å². The Morgan fingerprint density at radius 3 is 2.82 bits per heavy atom. The van der Waals surface area contributed by atoms with E-state index >= 15 is 0 Å². The molecule has 0 bridgehead atoms. The Labute approximate surface area is 101 Å². The van der Waals surface area contributed by atoms with Gasteiger partial charge in [0.25, 0.3) is 0 Å². The van der Waals surface area contributed by atoms with Crippen LogP contribution in [0.2, 0.25) is 0 Å². The van der Waals surface area contributed by atoms with Crippen LogP contribution in [-0.4, -0.2) is 20.9 Å². The lowest BCUT2D eigenvalue weighted by Crippen LogP contribution is -2.00. The van der Waals surface area contributed by atoms with Gasteiger partial charge < -0.3 is 5.11 Å². The first-order chi connectivity index (χ1) is 8.27. The van der Waals surface area contributed by atoms with E-state index in [0.717, 1.165) is 11.2 Å². The Morgan fingerprint density at radius 2 is 2.12 bits per heavy atom. The largest absolute Gasteiger partial charge is 0.476 e. The van der Waals surface area contributed by atoms with Gasteiger partial charge in [-0.25, -0.2) is 9.48 Å². The van der Waals surface area contributed by atoms with Gasteiger partial charge in [0.15, 0.2) is 5.69 Å². The van der Waals surface area contributed by atoms with E-state index in [9.17, 15) is 4.79 Å². The number of benzene rings is 1. The van der Waals surface area contributed by atoms with Crippen LogP contribution in [0, 0.1) is 0 Å². The molecule has 0 radical (unpaired) electrons. The van der Waals surface area contributed by atoms with Crippen LogP contribution in [0.4, 0.5) is 0 Å². The fourth-order valence-electron chi connectivity index (χ4n) is 1.80. The number of carboxylic acids is 1. The molecule has 0 saturated carbocycles. The van der Waals surface area contributed by atoms with Crippen LogP contribution in [0.5, 0.6) is 0 Å². The smallest absolute Gasteiger partial charge is 0.357 e. The third kappa shape index (κ3) is 1.52. The Morgan fingerprint density at radius 1 is 1.29 bits per heavy atom. The summed E-state index contributed by atoms with van der Waals surface area (Å²) in [6.07, 6.45) is 0. The molecule has 5 heteroatoms. The van der Waals surface area contributed by atoms with Crippen molar-refractivity contribution in [3.05, 3.63) is 46.8 Å². The van der Waals surface area contributed by atoms with Crippen molar-refractivity contribution in [3.8, 4) is 5.69 Å². The molecule has 0 aliphatic carbocycles. The average molecular weight is 244 g/mol. The molecule has 2 heterocycles. The molecule has 0 aliphatic heterocycles.